The number of rotatable bonds is 10. The van der Waals surface area contributed by atoms with E-state index < -0.39 is 5.60 Å². The minimum Gasteiger partial charge on any atom is -0.473 e. The molecule has 52 heavy (non-hydrogen) atoms. The molecule has 0 N–H and O–H groups in total. The first kappa shape index (κ1) is 35.4. The van der Waals surface area contributed by atoms with Crippen LogP contribution in [0, 0.1) is 11.8 Å². The first-order chi connectivity index (χ1) is 25.2. The van der Waals surface area contributed by atoms with Crippen LogP contribution in [0.25, 0.3) is 0 Å². The highest BCUT2D eigenvalue weighted by Gasteiger charge is 2.35. The summed E-state index contributed by atoms with van der Waals surface area (Å²) in [4.78, 5) is 37.4. The van der Waals surface area contributed by atoms with Crippen molar-refractivity contribution in [1.29, 1.82) is 0 Å². The van der Waals surface area contributed by atoms with Gasteiger partial charge in [0.2, 0.25) is 11.8 Å². The van der Waals surface area contributed by atoms with Crippen molar-refractivity contribution in [3.05, 3.63) is 113 Å². The van der Waals surface area contributed by atoms with Crippen LogP contribution in [0.1, 0.15) is 79.9 Å². The Balaban J connectivity index is 1.000. The van der Waals surface area contributed by atoms with Crippen molar-refractivity contribution in [3.8, 4) is 11.8 Å². The van der Waals surface area contributed by atoms with E-state index in [1.54, 1.807) is 4.90 Å². The molecule has 3 aliphatic rings. The number of amides is 2. The summed E-state index contributed by atoms with van der Waals surface area (Å²) < 4.78 is 18.0. The van der Waals surface area contributed by atoms with Gasteiger partial charge in [0.05, 0.1) is 6.54 Å². The number of piperidine rings is 2. The maximum absolute atomic E-state index is 14.0. The topological polar surface area (TPSA) is 84.4 Å². The minimum absolute atomic E-state index is 0.0474. The Labute approximate surface area is 307 Å². The van der Waals surface area contributed by atoms with Crippen molar-refractivity contribution in [2.45, 2.75) is 78.2 Å². The average Bonchev–Trinajstić information content (AvgIpc) is 3.50. The van der Waals surface area contributed by atoms with Crippen molar-refractivity contribution < 1.29 is 23.8 Å². The van der Waals surface area contributed by atoms with Gasteiger partial charge in [-0.1, -0.05) is 66.7 Å². The lowest BCUT2D eigenvalue weighted by Crippen LogP contribution is -2.42. The second-order valence-electron chi connectivity index (χ2n) is 15.3. The van der Waals surface area contributed by atoms with Gasteiger partial charge in [0.1, 0.15) is 24.5 Å². The number of anilines is 2. The molecule has 0 saturated carbocycles. The summed E-state index contributed by atoms with van der Waals surface area (Å²) in [5, 5.41) is 0. The lowest BCUT2D eigenvalue weighted by Gasteiger charge is -2.38. The maximum Gasteiger partial charge on any atom is 0.410 e. The highest BCUT2D eigenvalue weighted by molar-refractivity contribution is 6.11. The largest absolute Gasteiger partial charge is 0.473 e. The summed E-state index contributed by atoms with van der Waals surface area (Å²) in [5.41, 5.74) is 5.15. The molecule has 272 valence electrons. The lowest BCUT2D eigenvalue weighted by atomic mass is 9.82. The SMILES string of the molecule is CC(C)(C)OC(=O)N1CCC(CC2CCN(c3cccc4c3CN(c3ccc(OCc5ccccc5)nc3OCc3ccccc3)C4=O)CC2)CC1. The van der Waals surface area contributed by atoms with E-state index >= 15 is 0 Å². The maximum atomic E-state index is 14.0. The molecule has 2 fully saturated rings. The average molecular weight is 703 g/mol. The second-order valence-corrected chi connectivity index (χ2v) is 15.3. The molecule has 0 aliphatic carbocycles. The fourth-order valence-corrected chi connectivity index (χ4v) is 7.63. The zero-order chi connectivity index (χ0) is 36.1. The number of fused-ring (bicyclic) bond motifs is 1. The van der Waals surface area contributed by atoms with Gasteiger partial charge in [-0.3, -0.25) is 9.69 Å². The fraction of sp³-hybridized carbons (Fsp3) is 0.419. The highest BCUT2D eigenvalue weighted by atomic mass is 16.6. The molecule has 2 amide bonds. The van der Waals surface area contributed by atoms with Crippen LogP contribution in [0.4, 0.5) is 16.2 Å². The van der Waals surface area contributed by atoms with E-state index in [0.717, 1.165) is 79.8 Å². The van der Waals surface area contributed by atoms with Gasteiger partial charge in [-0.15, -0.1) is 0 Å². The van der Waals surface area contributed by atoms with Crippen molar-refractivity contribution in [2.24, 2.45) is 11.8 Å². The lowest BCUT2D eigenvalue weighted by molar-refractivity contribution is 0.0174. The predicted molar refractivity (Wildman–Crippen MR) is 203 cm³/mol. The number of carbonyl (C=O) groups is 2. The molecule has 4 aromatic rings. The third-order valence-electron chi connectivity index (χ3n) is 10.4. The third-order valence-corrected chi connectivity index (χ3v) is 10.4. The summed E-state index contributed by atoms with van der Waals surface area (Å²) in [5.74, 6) is 2.08. The van der Waals surface area contributed by atoms with Gasteiger partial charge in [0.15, 0.2) is 0 Å². The van der Waals surface area contributed by atoms with Crippen LogP contribution in [0.2, 0.25) is 0 Å². The van der Waals surface area contributed by atoms with Crippen LogP contribution in [0.15, 0.2) is 91.0 Å². The smallest absolute Gasteiger partial charge is 0.410 e. The fourth-order valence-electron chi connectivity index (χ4n) is 7.63. The Hall–Kier alpha value is -5.05. The molecule has 0 bridgehead atoms. The second kappa shape index (κ2) is 15.7. The Bertz CT molecular complexity index is 1830. The van der Waals surface area contributed by atoms with Gasteiger partial charge in [0, 0.05) is 49.1 Å². The molecule has 0 unspecified atom stereocenters. The van der Waals surface area contributed by atoms with Crippen LogP contribution in [0.3, 0.4) is 0 Å². The quantitative estimate of drug-likeness (QED) is 0.164. The van der Waals surface area contributed by atoms with Crippen LogP contribution >= 0.6 is 0 Å². The predicted octanol–water partition coefficient (Wildman–Crippen LogP) is 8.65. The van der Waals surface area contributed by atoms with E-state index in [1.165, 1.54) is 6.42 Å². The molecule has 7 rings (SSSR count). The number of pyridine rings is 1. The van der Waals surface area contributed by atoms with Gasteiger partial charge in [-0.25, -0.2) is 4.79 Å². The summed E-state index contributed by atoms with van der Waals surface area (Å²) >= 11 is 0. The van der Waals surface area contributed by atoms with Crippen molar-refractivity contribution >= 4 is 23.4 Å². The molecule has 9 nitrogen and oxygen atoms in total. The van der Waals surface area contributed by atoms with E-state index in [9.17, 15) is 9.59 Å². The molecule has 0 atom stereocenters. The van der Waals surface area contributed by atoms with Crippen LogP contribution < -0.4 is 19.3 Å². The Morgan fingerprint density at radius 1 is 0.731 bits per heavy atom. The molecule has 2 saturated heterocycles. The van der Waals surface area contributed by atoms with Gasteiger partial charge in [0.25, 0.3) is 5.91 Å². The summed E-state index contributed by atoms with van der Waals surface area (Å²) in [6, 6.07) is 29.7. The van der Waals surface area contributed by atoms with E-state index in [4.69, 9.17) is 19.2 Å². The number of nitrogens with zero attached hydrogens (tertiary/aromatic N) is 4. The molecule has 3 aliphatic heterocycles. The summed E-state index contributed by atoms with van der Waals surface area (Å²) in [6.07, 6.45) is 5.34. The molecule has 4 heterocycles. The van der Waals surface area contributed by atoms with Gasteiger partial charge < -0.3 is 24.0 Å². The number of hydrogen-bond acceptors (Lipinski definition) is 7. The molecule has 9 heteroatoms. The standard InChI is InChI=1S/C43H50N4O5/c1-43(2,3)52-42(49)46-25-21-32(22-26-46)27-31-19-23-45(24-20-31)37-16-10-15-35-36(37)28-47(41(35)48)38-17-18-39(50-29-33-11-6-4-7-12-33)44-40(38)51-30-34-13-8-5-9-14-34/h4-18,31-32H,19-30H2,1-3H3. The highest BCUT2D eigenvalue weighted by Crippen LogP contribution is 2.40. The van der Waals surface area contributed by atoms with E-state index in [2.05, 4.69) is 11.0 Å². The number of carbonyl (C=O) groups excluding carboxylic acids is 2. The van der Waals surface area contributed by atoms with Gasteiger partial charge in [-0.05, 0) is 94.0 Å². The number of likely N-dealkylation sites (tertiary alicyclic amines) is 1. The molecule has 0 radical (unpaired) electrons. The Morgan fingerprint density at radius 2 is 1.35 bits per heavy atom. The summed E-state index contributed by atoms with van der Waals surface area (Å²) in [6.45, 7) is 10.4. The normalized spacial score (nSPS) is 16.9. The van der Waals surface area contributed by atoms with E-state index in [1.807, 2.05) is 111 Å². The van der Waals surface area contributed by atoms with Crippen LogP contribution in [-0.4, -0.2) is 53.7 Å². The number of benzene rings is 3. The monoisotopic (exact) mass is 702 g/mol. The van der Waals surface area contributed by atoms with Crippen LogP contribution in [0.5, 0.6) is 11.8 Å². The van der Waals surface area contributed by atoms with Crippen molar-refractivity contribution in [2.75, 3.05) is 36.0 Å². The first-order valence-electron chi connectivity index (χ1n) is 18.7. The van der Waals surface area contributed by atoms with E-state index in [-0.39, 0.29) is 12.0 Å². The third kappa shape index (κ3) is 8.52. The number of ether oxygens (including phenoxy) is 3. The zero-order valence-corrected chi connectivity index (χ0v) is 30.6. The van der Waals surface area contributed by atoms with Crippen LogP contribution in [-0.2, 0) is 24.5 Å². The van der Waals surface area contributed by atoms with Crippen molar-refractivity contribution in [1.82, 2.24) is 9.88 Å². The first-order valence-corrected chi connectivity index (χ1v) is 18.7. The van der Waals surface area contributed by atoms with Gasteiger partial charge >= 0.3 is 6.09 Å². The van der Waals surface area contributed by atoms with E-state index in [0.29, 0.717) is 49.0 Å². The van der Waals surface area contributed by atoms with Crippen molar-refractivity contribution in [3.63, 3.8) is 0 Å². The molecule has 3 aromatic carbocycles. The number of aromatic nitrogens is 1. The molecule has 0 spiro atoms. The molecular formula is C43H50N4O5. The Kier molecular flexibility index (Phi) is 10.7. The Morgan fingerprint density at radius 3 is 1.98 bits per heavy atom. The minimum atomic E-state index is -0.465. The summed E-state index contributed by atoms with van der Waals surface area (Å²) in [7, 11) is 0. The number of hydrogen-bond donors (Lipinski definition) is 0. The molecule has 1 aromatic heterocycles. The molecular weight excluding hydrogens is 652 g/mol. The zero-order valence-electron chi connectivity index (χ0n) is 30.6. The van der Waals surface area contributed by atoms with Gasteiger partial charge in [-0.2, -0.15) is 4.98 Å².